The zero-order valence-electron chi connectivity index (χ0n) is 5.19. The topological polar surface area (TPSA) is 39.6 Å². The highest BCUT2D eigenvalue weighted by Gasteiger charge is 2.04. The van der Waals surface area contributed by atoms with Crippen molar-refractivity contribution in [3.05, 3.63) is 30.4 Å². The predicted octanol–water partition coefficient (Wildman–Crippen LogP) is 1.22. The van der Waals surface area contributed by atoms with E-state index in [0.717, 1.165) is 11.5 Å². The van der Waals surface area contributed by atoms with Crippen LogP contribution in [0.25, 0.3) is 5.70 Å². The van der Waals surface area contributed by atoms with Crippen LogP contribution in [-0.2, 0) is 0 Å². The van der Waals surface area contributed by atoms with Crippen LogP contribution < -0.4 is 5.32 Å². The molecule has 0 N–H and O–H groups in total. The number of rotatable bonds is 1. The number of hydrogen-bond donors (Lipinski definition) is 0. The first-order valence-electron chi connectivity index (χ1n) is 2.93. The average molecular weight is 133 g/mol. The Hall–Kier alpha value is -1.51. The third-order valence-corrected chi connectivity index (χ3v) is 1.23. The molecule has 1 aliphatic rings. The molecule has 0 fully saturated rings. The van der Waals surface area contributed by atoms with Crippen LogP contribution in [0.15, 0.2) is 34.0 Å². The summed E-state index contributed by atoms with van der Waals surface area (Å²) in [4.78, 5) is 3.95. The van der Waals surface area contributed by atoms with Gasteiger partial charge in [0.1, 0.15) is 12.0 Å². The van der Waals surface area contributed by atoms with Crippen molar-refractivity contribution in [2.24, 2.45) is 4.99 Å². The molecule has 1 aliphatic heterocycles. The van der Waals surface area contributed by atoms with Crippen molar-refractivity contribution in [1.82, 2.24) is 5.32 Å². The molecule has 0 saturated carbocycles. The summed E-state index contributed by atoms with van der Waals surface area (Å²) in [7, 11) is 0. The molecular weight excluding hydrogens is 128 g/mol. The Balaban J connectivity index is 2.36. The van der Waals surface area contributed by atoms with E-state index < -0.39 is 0 Å². The third kappa shape index (κ3) is 0.719. The van der Waals surface area contributed by atoms with E-state index >= 15 is 0 Å². The van der Waals surface area contributed by atoms with E-state index in [9.17, 15) is 0 Å². The maximum absolute atomic E-state index is 5.08. The lowest BCUT2D eigenvalue weighted by molar-refractivity contribution is 0.552. The van der Waals surface area contributed by atoms with Gasteiger partial charge in [-0.3, -0.25) is 0 Å². The Labute approximate surface area is 58.1 Å². The lowest BCUT2D eigenvalue weighted by Gasteiger charge is -1.86. The van der Waals surface area contributed by atoms with Gasteiger partial charge >= 0.3 is 0 Å². The molecule has 0 aliphatic carbocycles. The molecule has 0 aromatic carbocycles. The summed E-state index contributed by atoms with van der Waals surface area (Å²) in [6, 6.07) is 3.67. The minimum Gasteiger partial charge on any atom is -0.463 e. The van der Waals surface area contributed by atoms with E-state index in [1.54, 1.807) is 12.5 Å². The number of hydrogen-bond acceptors (Lipinski definition) is 2. The minimum absolute atomic E-state index is 0.762. The van der Waals surface area contributed by atoms with Gasteiger partial charge in [-0.2, -0.15) is 0 Å². The van der Waals surface area contributed by atoms with Crippen molar-refractivity contribution >= 4 is 12.0 Å². The Morgan fingerprint density at radius 1 is 1.40 bits per heavy atom. The first-order valence-corrected chi connectivity index (χ1v) is 2.93. The summed E-state index contributed by atoms with van der Waals surface area (Å²) >= 11 is 0. The molecule has 1 radical (unpaired) electrons. The standard InChI is InChI=1S/C7H5N2O/c1-2-7(10-3-1)6-4-8-5-9-6/h1-5H. The maximum atomic E-state index is 5.08. The monoisotopic (exact) mass is 133 g/mol. The van der Waals surface area contributed by atoms with Gasteiger partial charge in [0.05, 0.1) is 12.5 Å². The van der Waals surface area contributed by atoms with Gasteiger partial charge in [-0.25, -0.2) is 10.3 Å². The molecule has 3 heteroatoms. The first-order chi connectivity index (χ1) is 4.97. The Morgan fingerprint density at radius 2 is 2.40 bits per heavy atom. The summed E-state index contributed by atoms with van der Waals surface area (Å²) < 4.78 is 5.08. The molecule has 0 amide bonds. The molecule has 0 atom stereocenters. The van der Waals surface area contributed by atoms with Crippen LogP contribution in [0.3, 0.4) is 0 Å². The number of nitrogens with zero attached hydrogens (tertiary/aromatic N) is 2. The van der Waals surface area contributed by atoms with Crippen LogP contribution in [0, 0.1) is 0 Å². The molecule has 10 heavy (non-hydrogen) atoms. The van der Waals surface area contributed by atoms with Crippen molar-refractivity contribution in [2.75, 3.05) is 0 Å². The molecule has 0 saturated heterocycles. The second-order valence-corrected chi connectivity index (χ2v) is 1.89. The zero-order chi connectivity index (χ0) is 6.81. The molecule has 2 heterocycles. The molecular formula is C7H5N2O. The SMILES string of the molecule is C1=NC(c2ccco2)=C[N]1. The maximum Gasteiger partial charge on any atom is 0.153 e. The number of aliphatic imine (C=N–C) groups is 1. The van der Waals surface area contributed by atoms with Gasteiger partial charge in [0.15, 0.2) is 5.76 Å². The largest absolute Gasteiger partial charge is 0.463 e. The summed E-state index contributed by atoms with van der Waals surface area (Å²) in [5.41, 5.74) is 0.782. The van der Waals surface area contributed by atoms with Crippen molar-refractivity contribution in [2.45, 2.75) is 0 Å². The van der Waals surface area contributed by atoms with Gasteiger partial charge in [-0.15, -0.1) is 0 Å². The van der Waals surface area contributed by atoms with E-state index in [2.05, 4.69) is 10.3 Å². The molecule has 2 rings (SSSR count). The van der Waals surface area contributed by atoms with Gasteiger partial charge in [0.25, 0.3) is 0 Å². The zero-order valence-corrected chi connectivity index (χ0v) is 5.19. The molecule has 0 spiro atoms. The van der Waals surface area contributed by atoms with E-state index in [0.29, 0.717) is 0 Å². The van der Waals surface area contributed by atoms with Crippen molar-refractivity contribution in [3.8, 4) is 0 Å². The summed E-state index contributed by atoms with van der Waals surface area (Å²) in [5, 5.41) is 3.81. The van der Waals surface area contributed by atoms with E-state index in [-0.39, 0.29) is 0 Å². The highest BCUT2D eigenvalue weighted by atomic mass is 16.3. The van der Waals surface area contributed by atoms with Crippen LogP contribution in [0.2, 0.25) is 0 Å². The summed E-state index contributed by atoms with van der Waals surface area (Å²) in [6.07, 6.45) is 4.78. The van der Waals surface area contributed by atoms with Crippen LogP contribution in [0.5, 0.6) is 0 Å². The highest BCUT2D eigenvalue weighted by molar-refractivity contribution is 5.76. The van der Waals surface area contributed by atoms with Crippen LogP contribution in [0.1, 0.15) is 5.76 Å². The number of furan rings is 1. The Morgan fingerprint density at radius 3 is 3.00 bits per heavy atom. The lowest BCUT2D eigenvalue weighted by Crippen LogP contribution is -1.80. The van der Waals surface area contributed by atoms with Gasteiger partial charge in [-0.05, 0) is 12.1 Å². The predicted molar refractivity (Wildman–Crippen MR) is 37.3 cm³/mol. The minimum atomic E-state index is 0.762. The smallest absolute Gasteiger partial charge is 0.153 e. The summed E-state index contributed by atoms with van der Waals surface area (Å²) in [5.74, 6) is 0.762. The van der Waals surface area contributed by atoms with E-state index in [1.165, 1.54) is 6.34 Å². The fourth-order valence-electron chi connectivity index (χ4n) is 0.784. The third-order valence-electron chi connectivity index (χ3n) is 1.23. The Kier molecular flexibility index (Phi) is 1.07. The van der Waals surface area contributed by atoms with Gasteiger partial charge in [-0.1, -0.05) is 0 Å². The summed E-state index contributed by atoms with van der Waals surface area (Å²) in [6.45, 7) is 0. The van der Waals surface area contributed by atoms with Crippen LogP contribution in [0.4, 0.5) is 0 Å². The highest BCUT2D eigenvalue weighted by Crippen LogP contribution is 2.16. The molecule has 0 bridgehead atoms. The Bertz CT molecular complexity index is 272. The van der Waals surface area contributed by atoms with Gasteiger partial charge < -0.3 is 4.42 Å². The fourth-order valence-corrected chi connectivity index (χ4v) is 0.784. The average Bonchev–Trinajstić information content (AvgIpc) is 2.59. The van der Waals surface area contributed by atoms with E-state index in [4.69, 9.17) is 4.42 Å². The second kappa shape index (κ2) is 2.02. The van der Waals surface area contributed by atoms with Gasteiger partial charge in [0, 0.05) is 0 Å². The molecule has 3 nitrogen and oxygen atoms in total. The van der Waals surface area contributed by atoms with Crippen LogP contribution >= 0.6 is 0 Å². The molecule has 49 valence electrons. The van der Waals surface area contributed by atoms with Crippen LogP contribution in [-0.4, -0.2) is 6.34 Å². The molecule has 0 unspecified atom stereocenters. The van der Waals surface area contributed by atoms with Crippen molar-refractivity contribution < 1.29 is 4.42 Å². The quantitative estimate of drug-likeness (QED) is 0.567. The van der Waals surface area contributed by atoms with Crippen molar-refractivity contribution in [3.63, 3.8) is 0 Å². The van der Waals surface area contributed by atoms with Gasteiger partial charge in [0.2, 0.25) is 0 Å². The normalized spacial score (nSPS) is 15.0. The molecule has 1 aromatic heterocycles. The van der Waals surface area contributed by atoms with E-state index in [1.807, 2.05) is 12.1 Å². The fraction of sp³-hybridized carbons (Fsp3) is 0. The second-order valence-electron chi connectivity index (χ2n) is 1.89. The van der Waals surface area contributed by atoms with Crippen molar-refractivity contribution in [1.29, 1.82) is 0 Å². The molecule has 1 aromatic rings. The first kappa shape index (κ1) is 5.29. The lowest BCUT2D eigenvalue weighted by atomic mass is 10.4.